The molecule has 0 aliphatic carbocycles. The first-order chi connectivity index (χ1) is 12.1. The lowest BCUT2D eigenvalue weighted by molar-refractivity contribution is 0.0631. The highest BCUT2D eigenvalue weighted by Gasteiger charge is 2.25. The smallest absolute Gasteiger partial charge is 0.265 e. The van der Waals surface area contributed by atoms with Crippen molar-refractivity contribution in [3.8, 4) is 0 Å². The van der Waals surface area contributed by atoms with Gasteiger partial charge in [0.15, 0.2) is 0 Å². The molecular formula is C18H26N4OS2. The lowest BCUT2D eigenvalue weighted by Gasteiger charge is -2.34. The summed E-state index contributed by atoms with van der Waals surface area (Å²) >= 11 is 3.28. The Morgan fingerprint density at radius 3 is 2.60 bits per heavy atom. The third-order valence-electron chi connectivity index (χ3n) is 4.49. The minimum Gasteiger partial charge on any atom is -0.335 e. The SMILES string of the molecule is CCCCc1nc(C)c(C(=O)N2CCN(Cc3csc(C)n3)CC2)s1. The molecule has 1 fully saturated rings. The number of carbonyl (C=O) groups is 1. The third kappa shape index (κ3) is 4.65. The Labute approximate surface area is 157 Å². The van der Waals surface area contributed by atoms with E-state index in [-0.39, 0.29) is 5.91 Å². The van der Waals surface area contributed by atoms with E-state index in [1.165, 1.54) is 0 Å². The highest BCUT2D eigenvalue weighted by atomic mass is 32.1. The number of aromatic nitrogens is 2. The van der Waals surface area contributed by atoms with Crippen LogP contribution in [0.3, 0.4) is 0 Å². The molecule has 0 unspecified atom stereocenters. The van der Waals surface area contributed by atoms with Gasteiger partial charge in [0.2, 0.25) is 0 Å². The molecule has 3 heterocycles. The Balaban J connectivity index is 1.55. The minimum atomic E-state index is 0.155. The Bertz CT molecular complexity index is 716. The van der Waals surface area contributed by atoms with Crippen molar-refractivity contribution in [2.75, 3.05) is 26.2 Å². The molecule has 0 N–H and O–H groups in total. The fourth-order valence-electron chi connectivity index (χ4n) is 3.05. The number of aryl methyl sites for hydroxylation is 3. The topological polar surface area (TPSA) is 49.3 Å². The number of amides is 1. The maximum atomic E-state index is 12.8. The number of hydrogen-bond donors (Lipinski definition) is 0. The van der Waals surface area contributed by atoms with Crippen LogP contribution in [0.2, 0.25) is 0 Å². The van der Waals surface area contributed by atoms with Gasteiger partial charge in [-0.15, -0.1) is 22.7 Å². The first kappa shape index (κ1) is 18.5. The average molecular weight is 379 g/mol. The van der Waals surface area contributed by atoms with Gasteiger partial charge in [-0.2, -0.15) is 0 Å². The Morgan fingerprint density at radius 1 is 1.20 bits per heavy atom. The molecule has 2 aromatic heterocycles. The molecule has 25 heavy (non-hydrogen) atoms. The second-order valence-corrected chi connectivity index (χ2v) is 8.70. The number of thiazole rings is 2. The van der Waals surface area contributed by atoms with Gasteiger partial charge in [0.1, 0.15) is 4.88 Å². The summed E-state index contributed by atoms with van der Waals surface area (Å²) in [6.07, 6.45) is 3.27. The summed E-state index contributed by atoms with van der Waals surface area (Å²) in [5, 5.41) is 4.34. The van der Waals surface area contributed by atoms with Gasteiger partial charge in [-0.3, -0.25) is 9.69 Å². The van der Waals surface area contributed by atoms with Crippen LogP contribution in [0, 0.1) is 13.8 Å². The number of hydrogen-bond acceptors (Lipinski definition) is 6. The molecule has 1 amide bonds. The highest BCUT2D eigenvalue weighted by molar-refractivity contribution is 7.13. The summed E-state index contributed by atoms with van der Waals surface area (Å²) in [7, 11) is 0. The van der Waals surface area contributed by atoms with Crippen molar-refractivity contribution in [3.63, 3.8) is 0 Å². The van der Waals surface area contributed by atoms with Crippen molar-refractivity contribution in [3.05, 3.63) is 31.7 Å². The van der Waals surface area contributed by atoms with E-state index in [9.17, 15) is 4.79 Å². The van der Waals surface area contributed by atoms with E-state index < -0.39 is 0 Å². The van der Waals surface area contributed by atoms with Crippen LogP contribution < -0.4 is 0 Å². The summed E-state index contributed by atoms with van der Waals surface area (Å²) in [6.45, 7) is 10.4. The van der Waals surface area contributed by atoms with Gasteiger partial charge in [-0.1, -0.05) is 13.3 Å². The van der Waals surface area contributed by atoms with Crippen molar-refractivity contribution in [1.29, 1.82) is 0 Å². The van der Waals surface area contributed by atoms with Gasteiger partial charge in [0, 0.05) is 38.1 Å². The van der Waals surface area contributed by atoms with Gasteiger partial charge in [0.25, 0.3) is 5.91 Å². The first-order valence-electron chi connectivity index (χ1n) is 8.95. The monoisotopic (exact) mass is 378 g/mol. The van der Waals surface area contributed by atoms with Crippen LogP contribution in [-0.2, 0) is 13.0 Å². The molecule has 0 saturated carbocycles. The maximum Gasteiger partial charge on any atom is 0.265 e. The molecule has 1 aliphatic heterocycles. The molecule has 3 rings (SSSR count). The fraction of sp³-hybridized carbons (Fsp3) is 0.611. The van der Waals surface area contributed by atoms with Crippen LogP contribution >= 0.6 is 22.7 Å². The quantitative estimate of drug-likeness (QED) is 0.772. The maximum absolute atomic E-state index is 12.8. The third-order valence-corrected chi connectivity index (χ3v) is 6.52. The van der Waals surface area contributed by atoms with Crippen molar-refractivity contribution in [2.45, 2.75) is 46.6 Å². The van der Waals surface area contributed by atoms with Crippen LogP contribution in [0.15, 0.2) is 5.38 Å². The van der Waals surface area contributed by atoms with Gasteiger partial charge in [-0.25, -0.2) is 9.97 Å². The summed E-state index contributed by atoms with van der Waals surface area (Å²) in [5.41, 5.74) is 2.03. The van der Waals surface area contributed by atoms with Crippen molar-refractivity contribution >= 4 is 28.6 Å². The van der Waals surface area contributed by atoms with E-state index in [1.54, 1.807) is 22.7 Å². The van der Waals surface area contributed by atoms with E-state index in [1.807, 2.05) is 18.7 Å². The average Bonchev–Trinajstić information content (AvgIpc) is 3.18. The van der Waals surface area contributed by atoms with E-state index in [2.05, 4.69) is 27.2 Å². The lowest BCUT2D eigenvalue weighted by atomic mass is 10.2. The Hall–Kier alpha value is -1.31. The molecule has 136 valence electrons. The number of rotatable bonds is 6. The van der Waals surface area contributed by atoms with Gasteiger partial charge in [-0.05, 0) is 26.7 Å². The molecule has 0 spiro atoms. The number of unbranched alkanes of at least 4 members (excludes halogenated alkanes) is 1. The van der Waals surface area contributed by atoms with E-state index in [0.717, 1.165) is 78.3 Å². The van der Waals surface area contributed by atoms with E-state index in [0.29, 0.717) is 0 Å². The van der Waals surface area contributed by atoms with Crippen molar-refractivity contribution < 1.29 is 4.79 Å². The molecule has 0 bridgehead atoms. The largest absolute Gasteiger partial charge is 0.335 e. The Morgan fingerprint density at radius 2 is 1.96 bits per heavy atom. The van der Waals surface area contributed by atoms with Gasteiger partial charge in [0.05, 0.1) is 21.4 Å². The molecule has 7 heteroatoms. The summed E-state index contributed by atoms with van der Waals surface area (Å²) < 4.78 is 0. The number of piperazine rings is 1. The molecule has 1 saturated heterocycles. The summed E-state index contributed by atoms with van der Waals surface area (Å²) in [6, 6.07) is 0. The second-order valence-electron chi connectivity index (χ2n) is 6.55. The second kappa shape index (κ2) is 8.38. The number of carbonyl (C=O) groups excluding carboxylic acids is 1. The van der Waals surface area contributed by atoms with E-state index >= 15 is 0 Å². The highest BCUT2D eigenvalue weighted by Crippen LogP contribution is 2.22. The van der Waals surface area contributed by atoms with Crippen LogP contribution in [0.5, 0.6) is 0 Å². The first-order valence-corrected chi connectivity index (χ1v) is 10.7. The van der Waals surface area contributed by atoms with E-state index in [4.69, 9.17) is 0 Å². The molecule has 0 atom stereocenters. The molecule has 2 aromatic rings. The standard InChI is InChI=1S/C18H26N4OS2/c1-4-5-6-16-19-13(2)17(25-16)18(23)22-9-7-21(8-10-22)11-15-12-24-14(3)20-15/h12H,4-11H2,1-3H3. The van der Waals surface area contributed by atoms with Crippen LogP contribution in [0.1, 0.15) is 50.8 Å². The number of nitrogens with zero attached hydrogens (tertiary/aromatic N) is 4. The van der Waals surface area contributed by atoms with Gasteiger partial charge < -0.3 is 4.90 Å². The zero-order valence-electron chi connectivity index (χ0n) is 15.2. The minimum absolute atomic E-state index is 0.155. The van der Waals surface area contributed by atoms with Crippen molar-refractivity contribution in [2.24, 2.45) is 0 Å². The summed E-state index contributed by atoms with van der Waals surface area (Å²) in [4.78, 5) is 27.2. The molecule has 5 nitrogen and oxygen atoms in total. The fourth-order valence-corrected chi connectivity index (χ4v) is 4.73. The Kier molecular flexibility index (Phi) is 6.19. The predicted octanol–water partition coefficient (Wildman–Crippen LogP) is 3.52. The zero-order chi connectivity index (χ0) is 17.8. The molecular weight excluding hydrogens is 352 g/mol. The molecule has 1 aliphatic rings. The molecule has 0 aromatic carbocycles. The lowest BCUT2D eigenvalue weighted by Crippen LogP contribution is -2.48. The van der Waals surface area contributed by atoms with Crippen LogP contribution in [0.4, 0.5) is 0 Å². The summed E-state index contributed by atoms with van der Waals surface area (Å²) in [5.74, 6) is 0.155. The van der Waals surface area contributed by atoms with Gasteiger partial charge >= 0.3 is 0 Å². The van der Waals surface area contributed by atoms with Crippen LogP contribution in [-0.4, -0.2) is 51.9 Å². The van der Waals surface area contributed by atoms with Crippen LogP contribution in [0.25, 0.3) is 0 Å². The zero-order valence-corrected chi connectivity index (χ0v) is 16.9. The molecule has 0 radical (unpaired) electrons. The van der Waals surface area contributed by atoms with Crippen molar-refractivity contribution in [1.82, 2.24) is 19.8 Å². The predicted molar refractivity (Wildman–Crippen MR) is 103 cm³/mol. The normalized spacial score (nSPS) is 15.7.